The molecule has 2 amide bonds. The Morgan fingerprint density at radius 2 is 1.92 bits per heavy atom. The van der Waals surface area contributed by atoms with Crippen LogP contribution in [0.1, 0.15) is 22.8 Å². The highest BCUT2D eigenvalue weighted by Gasteiger charge is 2.11. The maximum Gasteiger partial charge on any atom is 0.251 e. The van der Waals surface area contributed by atoms with E-state index in [2.05, 4.69) is 10.6 Å². The summed E-state index contributed by atoms with van der Waals surface area (Å²) in [4.78, 5) is 23.4. The lowest BCUT2D eigenvalue weighted by molar-refractivity contribution is -0.114. The van der Waals surface area contributed by atoms with Crippen molar-refractivity contribution in [2.45, 2.75) is 13.3 Å². The number of ether oxygens (including phenoxy) is 1. The van der Waals surface area contributed by atoms with Crippen molar-refractivity contribution in [2.75, 3.05) is 19.0 Å². The number of amides is 2. The van der Waals surface area contributed by atoms with Crippen LogP contribution in [0.2, 0.25) is 0 Å². The van der Waals surface area contributed by atoms with Gasteiger partial charge in [-0.1, -0.05) is 18.2 Å². The molecule has 2 aromatic carbocycles. The third-order valence-electron chi connectivity index (χ3n) is 3.41. The fourth-order valence-electron chi connectivity index (χ4n) is 2.25. The number of methoxy groups -OCH3 is 1. The van der Waals surface area contributed by atoms with Crippen LogP contribution >= 0.6 is 0 Å². The molecule has 2 aromatic rings. The maximum atomic E-state index is 13.5. The molecule has 126 valence electrons. The number of nitrogens with one attached hydrogen (secondary N) is 2. The van der Waals surface area contributed by atoms with Crippen LogP contribution < -0.4 is 15.4 Å². The second kappa shape index (κ2) is 8.10. The third-order valence-corrected chi connectivity index (χ3v) is 3.41. The van der Waals surface area contributed by atoms with E-state index in [1.165, 1.54) is 20.1 Å². The Morgan fingerprint density at radius 3 is 2.58 bits per heavy atom. The van der Waals surface area contributed by atoms with Crippen molar-refractivity contribution in [1.29, 1.82) is 0 Å². The summed E-state index contributed by atoms with van der Waals surface area (Å²) >= 11 is 0. The molecule has 0 spiro atoms. The van der Waals surface area contributed by atoms with Crippen molar-refractivity contribution >= 4 is 17.5 Å². The summed E-state index contributed by atoms with van der Waals surface area (Å²) in [6, 6.07) is 11.2. The molecule has 0 heterocycles. The first-order valence-electron chi connectivity index (χ1n) is 7.48. The summed E-state index contributed by atoms with van der Waals surface area (Å²) < 4.78 is 18.7. The first-order chi connectivity index (χ1) is 11.5. The van der Waals surface area contributed by atoms with Crippen LogP contribution in [0.15, 0.2) is 42.5 Å². The maximum absolute atomic E-state index is 13.5. The summed E-state index contributed by atoms with van der Waals surface area (Å²) in [5.74, 6) is -0.386. The molecule has 0 unspecified atom stereocenters. The van der Waals surface area contributed by atoms with Crippen LogP contribution in [-0.4, -0.2) is 25.5 Å². The van der Waals surface area contributed by atoms with Crippen molar-refractivity contribution in [3.05, 3.63) is 59.4 Å². The number of rotatable bonds is 6. The molecule has 5 nitrogen and oxygen atoms in total. The molecule has 2 N–H and O–H groups in total. The molecule has 0 aliphatic rings. The van der Waals surface area contributed by atoms with Gasteiger partial charge in [0.2, 0.25) is 5.91 Å². The first-order valence-corrected chi connectivity index (χ1v) is 7.48. The number of carbonyl (C=O) groups excluding carboxylic acids is 2. The van der Waals surface area contributed by atoms with Crippen molar-refractivity contribution in [2.24, 2.45) is 0 Å². The van der Waals surface area contributed by atoms with Crippen molar-refractivity contribution in [1.82, 2.24) is 5.32 Å². The van der Waals surface area contributed by atoms with E-state index < -0.39 is 0 Å². The molecule has 6 heteroatoms. The molecule has 0 aliphatic carbocycles. The van der Waals surface area contributed by atoms with Gasteiger partial charge in [0.15, 0.2) is 0 Å². The summed E-state index contributed by atoms with van der Waals surface area (Å²) in [7, 11) is 1.48. The minimum absolute atomic E-state index is 0.259. The minimum atomic E-state index is -0.305. The monoisotopic (exact) mass is 330 g/mol. The van der Waals surface area contributed by atoms with Gasteiger partial charge in [0, 0.05) is 19.0 Å². The van der Waals surface area contributed by atoms with Crippen molar-refractivity contribution in [3.8, 4) is 5.75 Å². The molecule has 0 saturated heterocycles. The summed E-state index contributed by atoms with van der Waals surface area (Å²) in [5.41, 5.74) is 1.35. The molecule has 0 radical (unpaired) electrons. The SMILES string of the molecule is COc1ccc(C(=O)NCCc2ccccc2F)cc1NC(C)=O. The summed E-state index contributed by atoms with van der Waals surface area (Å²) in [5, 5.41) is 5.35. The van der Waals surface area contributed by atoms with Gasteiger partial charge in [-0.05, 0) is 36.2 Å². The Hall–Kier alpha value is -2.89. The van der Waals surface area contributed by atoms with Gasteiger partial charge in [0.05, 0.1) is 12.8 Å². The molecular weight excluding hydrogens is 311 g/mol. The number of hydrogen-bond acceptors (Lipinski definition) is 3. The number of hydrogen-bond donors (Lipinski definition) is 2. The van der Waals surface area contributed by atoms with Gasteiger partial charge in [0.25, 0.3) is 5.91 Å². The summed E-state index contributed by atoms with van der Waals surface area (Å²) in [6.45, 7) is 1.68. The molecule has 0 aromatic heterocycles. The van der Waals surface area contributed by atoms with Gasteiger partial charge in [-0.2, -0.15) is 0 Å². The molecule has 24 heavy (non-hydrogen) atoms. The van der Waals surface area contributed by atoms with Crippen LogP contribution in [0.5, 0.6) is 5.75 Å². The van der Waals surface area contributed by atoms with E-state index in [1.807, 2.05) is 0 Å². The zero-order valence-electron chi connectivity index (χ0n) is 13.6. The third kappa shape index (κ3) is 4.55. The number of anilines is 1. The van der Waals surface area contributed by atoms with E-state index in [1.54, 1.807) is 36.4 Å². The Bertz CT molecular complexity index is 747. The zero-order chi connectivity index (χ0) is 17.5. The van der Waals surface area contributed by atoms with Crippen LogP contribution in [0.3, 0.4) is 0 Å². The molecule has 0 saturated carbocycles. The Balaban J connectivity index is 2.01. The predicted molar refractivity (Wildman–Crippen MR) is 89.7 cm³/mol. The molecule has 2 rings (SSSR count). The largest absolute Gasteiger partial charge is 0.495 e. The van der Waals surface area contributed by atoms with Gasteiger partial charge in [-0.3, -0.25) is 9.59 Å². The minimum Gasteiger partial charge on any atom is -0.495 e. The molecule has 0 bridgehead atoms. The lowest BCUT2D eigenvalue weighted by Crippen LogP contribution is -2.26. The second-order valence-corrected chi connectivity index (χ2v) is 5.19. The zero-order valence-corrected chi connectivity index (χ0v) is 13.6. The lowest BCUT2D eigenvalue weighted by Gasteiger charge is -2.11. The number of halogens is 1. The predicted octanol–water partition coefficient (Wildman–Crippen LogP) is 2.77. The van der Waals surface area contributed by atoms with Crippen molar-refractivity contribution in [3.63, 3.8) is 0 Å². The van der Waals surface area contributed by atoms with E-state index in [0.717, 1.165) is 0 Å². The van der Waals surface area contributed by atoms with Gasteiger partial charge in [0.1, 0.15) is 11.6 Å². The van der Waals surface area contributed by atoms with Crippen LogP contribution in [0.4, 0.5) is 10.1 Å². The normalized spacial score (nSPS) is 10.1. The first kappa shape index (κ1) is 17.5. The highest BCUT2D eigenvalue weighted by Crippen LogP contribution is 2.25. The van der Waals surface area contributed by atoms with Gasteiger partial charge in [-0.25, -0.2) is 4.39 Å². The Kier molecular flexibility index (Phi) is 5.89. The molecule has 0 fully saturated rings. The van der Waals surface area contributed by atoms with E-state index in [9.17, 15) is 14.0 Å². The van der Waals surface area contributed by atoms with Crippen LogP contribution in [-0.2, 0) is 11.2 Å². The fraction of sp³-hybridized carbons (Fsp3) is 0.222. The summed E-state index contributed by atoms with van der Waals surface area (Å²) in [6.07, 6.45) is 0.396. The molecule has 0 aliphatic heterocycles. The van der Waals surface area contributed by atoms with E-state index in [4.69, 9.17) is 4.74 Å². The van der Waals surface area contributed by atoms with E-state index in [-0.39, 0.29) is 17.6 Å². The van der Waals surface area contributed by atoms with E-state index >= 15 is 0 Å². The van der Waals surface area contributed by atoms with E-state index in [0.29, 0.717) is 35.5 Å². The van der Waals surface area contributed by atoms with Crippen LogP contribution in [0, 0.1) is 5.82 Å². The standard InChI is InChI=1S/C18H19FN2O3/c1-12(22)21-16-11-14(7-8-17(16)24-2)18(23)20-10-9-13-5-3-4-6-15(13)19/h3-8,11H,9-10H2,1-2H3,(H,20,23)(H,21,22). The second-order valence-electron chi connectivity index (χ2n) is 5.19. The molecular formula is C18H19FN2O3. The Morgan fingerprint density at radius 1 is 1.17 bits per heavy atom. The average molecular weight is 330 g/mol. The van der Waals surface area contributed by atoms with Gasteiger partial charge in [-0.15, -0.1) is 0 Å². The Labute approximate surface area is 139 Å². The quantitative estimate of drug-likeness (QED) is 0.856. The van der Waals surface area contributed by atoms with Crippen molar-refractivity contribution < 1.29 is 18.7 Å². The highest BCUT2D eigenvalue weighted by atomic mass is 19.1. The highest BCUT2D eigenvalue weighted by molar-refractivity contribution is 5.97. The smallest absolute Gasteiger partial charge is 0.251 e. The molecule has 0 atom stereocenters. The topological polar surface area (TPSA) is 67.4 Å². The van der Waals surface area contributed by atoms with Crippen LogP contribution in [0.25, 0.3) is 0 Å². The van der Waals surface area contributed by atoms with Gasteiger partial charge < -0.3 is 15.4 Å². The lowest BCUT2D eigenvalue weighted by atomic mass is 10.1. The number of benzene rings is 2. The average Bonchev–Trinajstić information content (AvgIpc) is 2.56. The fourth-order valence-corrected chi connectivity index (χ4v) is 2.25. The van der Waals surface area contributed by atoms with Gasteiger partial charge >= 0.3 is 0 Å². The number of carbonyl (C=O) groups is 2.